The van der Waals surface area contributed by atoms with Crippen molar-refractivity contribution in [1.82, 2.24) is 5.32 Å². The monoisotopic (exact) mass is 193 g/mol. The number of nitrogens with one attached hydrogen (secondary N) is 1. The number of aromatic hydroxyl groups is 1. The van der Waals surface area contributed by atoms with E-state index in [2.05, 4.69) is 10.3 Å². The van der Waals surface area contributed by atoms with E-state index >= 15 is 0 Å². The van der Waals surface area contributed by atoms with Crippen molar-refractivity contribution in [3.05, 3.63) is 29.8 Å². The molecule has 76 valence electrons. The second kappa shape index (κ2) is 5.24. The highest BCUT2D eigenvalue weighted by molar-refractivity contribution is 5.97. The molecular formula is C10H15N3O. The number of amidine groups is 1. The van der Waals surface area contributed by atoms with E-state index in [0.29, 0.717) is 12.4 Å². The van der Waals surface area contributed by atoms with Gasteiger partial charge in [0.15, 0.2) is 0 Å². The third kappa shape index (κ3) is 3.06. The van der Waals surface area contributed by atoms with Crippen LogP contribution >= 0.6 is 0 Å². The van der Waals surface area contributed by atoms with Gasteiger partial charge in [-0.15, -0.1) is 0 Å². The lowest BCUT2D eigenvalue weighted by Gasteiger charge is -2.01. The van der Waals surface area contributed by atoms with E-state index in [1.54, 1.807) is 24.3 Å². The van der Waals surface area contributed by atoms with Gasteiger partial charge < -0.3 is 16.2 Å². The van der Waals surface area contributed by atoms with Crippen LogP contribution in [0.4, 0.5) is 0 Å². The number of phenolic OH excluding ortho intramolecular Hbond substituents is 1. The van der Waals surface area contributed by atoms with Crippen LogP contribution in [0.1, 0.15) is 5.56 Å². The standard InChI is InChI=1S/C10H15N3O/c1-12-6-7-13-10(11)8-2-4-9(14)5-3-8/h2-5,12,14H,6-7H2,1H3,(H2,11,13). The van der Waals surface area contributed by atoms with Crippen molar-refractivity contribution < 1.29 is 5.11 Å². The number of benzene rings is 1. The number of rotatable bonds is 4. The molecule has 0 radical (unpaired) electrons. The predicted octanol–water partition coefficient (Wildman–Crippen LogP) is 0.317. The predicted molar refractivity (Wildman–Crippen MR) is 57.6 cm³/mol. The first-order chi connectivity index (χ1) is 6.74. The smallest absolute Gasteiger partial charge is 0.125 e. The first-order valence-electron chi connectivity index (χ1n) is 4.48. The summed E-state index contributed by atoms with van der Waals surface area (Å²) in [5.41, 5.74) is 6.56. The largest absolute Gasteiger partial charge is 0.508 e. The molecule has 0 aliphatic carbocycles. The van der Waals surface area contributed by atoms with Gasteiger partial charge in [-0.3, -0.25) is 4.99 Å². The number of hydrogen-bond donors (Lipinski definition) is 3. The topological polar surface area (TPSA) is 70.6 Å². The Morgan fingerprint density at radius 3 is 2.64 bits per heavy atom. The molecule has 0 saturated heterocycles. The van der Waals surface area contributed by atoms with Crippen LogP contribution in [-0.4, -0.2) is 31.1 Å². The molecule has 4 nitrogen and oxygen atoms in total. The number of likely N-dealkylation sites (N-methyl/N-ethyl adjacent to an activating group) is 1. The fourth-order valence-electron chi connectivity index (χ4n) is 1.01. The van der Waals surface area contributed by atoms with Gasteiger partial charge >= 0.3 is 0 Å². The van der Waals surface area contributed by atoms with E-state index in [1.807, 2.05) is 7.05 Å². The minimum atomic E-state index is 0.233. The van der Waals surface area contributed by atoms with E-state index in [1.165, 1.54) is 0 Å². The molecule has 0 unspecified atom stereocenters. The van der Waals surface area contributed by atoms with E-state index in [9.17, 15) is 0 Å². The minimum absolute atomic E-state index is 0.233. The average Bonchev–Trinajstić information content (AvgIpc) is 2.19. The van der Waals surface area contributed by atoms with Crippen LogP contribution in [0, 0.1) is 0 Å². The second-order valence-corrected chi connectivity index (χ2v) is 2.92. The van der Waals surface area contributed by atoms with Crippen molar-refractivity contribution >= 4 is 5.84 Å². The fourth-order valence-corrected chi connectivity index (χ4v) is 1.01. The SMILES string of the molecule is CNCCN=C(N)c1ccc(O)cc1. The van der Waals surface area contributed by atoms with Crippen LogP contribution in [-0.2, 0) is 0 Å². The van der Waals surface area contributed by atoms with Gasteiger partial charge in [0.1, 0.15) is 11.6 Å². The zero-order valence-electron chi connectivity index (χ0n) is 8.20. The van der Waals surface area contributed by atoms with Crippen molar-refractivity contribution in [2.75, 3.05) is 20.1 Å². The number of phenols is 1. The molecule has 14 heavy (non-hydrogen) atoms. The Morgan fingerprint density at radius 1 is 1.43 bits per heavy atom. The van der Waals surface area contributed by atoms with Gasteiger partial charge in [-0.2, -0.15) is 0 Å². The van der Waals surface area contributed by atoms with Gasteiger partial charge in [0, 0.05) is 12.1 Å². The lowest BCUT2D eigenvalue weighted by molar-refractivity contribution is 0.475. The lowest BCUT2D eigenvalue weighted by atomic mass is 10.2. The maximum atomic E-state index is 9.06. The highest BCUT2D eigenvalue weighted by Gasteiger charge is 1.96. The fraction of sp³-hybridized carbons (Fsp3) is 0.300. The van der Waals surface area contributed by atoms with Crippen molar-refractivity contribution in [1.29, 1.82) is 0 Å². The number of aliphatic imine (C=N–C) groups is 1. The van der Waals surface area contributed by atoms with Crippen LogP contribution in [0.2, 0.25) is 0 Å². The molecule has 0 heterocycles. The Kier molecular flexibility index (Phi) is 3.94. The summed E-state index contributed by atoms with van der Waals surface area (Å²) in [5.74, 6) is 0.733. The molecule has 0 aliphatic heterocycles. The summed E-state index contributed by atoms with van der Waals surface area (Å²) in [7, 11) is 1.87. The molecule has 1 rings (SSSR count). The summed E-state index contributed by atoms with van der Waals surface area (Å²) in [4.78, 5) is 4.16. The van der Waals surface area contributed by atoms with Crippen LogP contribution in [0.25, 0.3) is 0 Å². The normalized spacial score (nSPS) is 11.6. The molecule has 0 fully saturated rings. The molecule has 0 aliphatic rings. The van der Waals surface area contributed by atoms with Gasteiger partial charge in [-0.05, 0) is 31.3 Å². The zero-order valence-corrected chi connectivity index (χ0v) is 8.20. The molecule has 0 saturated carbocycles. The maximum absolute atomic E-state index is 9.06. The van der Waals surface area contributed by atoms with Gasteiger partial charge in [0.2, 0.25) is 0 Å². The highest BCUT2D eigenvalue weighted by Crippen LogP contribution is 2.08. The van der Waals surface area contributed by atoms with E-state index in [-0.39, 0.29) is 5.75 Å². The number of hydrogen-bond acceptors (Lipinski definition) is 3. The molecule has 4 N–H and O–H groups in total. The van der Waals surface area contributed by atoms with Crippen molar-refractivity contribution in [3.63, 3.8) is 0 Å². The highest BCUT2D eigenvalue weighted by atomic mass is 16.3. The zero-order chi connectivity index (χ0) is 10.4. The molecule has 0 spiro atoms. The maximum Gasteiger partial charge on any atom is 0.125 e. The molecule has 1 aromatic carbocycles. The third-order valence-corrected chi connectivity index (χ3v) is 1.81. The molecule has 0 bridgehead atoms. The van der Waals surface area contributed by atoms with Gasteiger partial charge in [-0.25, -0.2) is 0 Å². The number of nitrogens with two attached hydrogens (primary N) is 1. The quantitative estimate of drug-likeness (QED) is 0.366. The van der Waals surface area contributed by atoms with Gasteiger partial charge in [0.25, 0.3) is 0 Å². The molecule has 1 aromatic rings. The molecule has 0 aromatic heterocycles. The minimum Gasteiger partial charge on any atom is -0.508 e. The Morgan fingerprint density at radius 2 is 2.07 bits per heavy atom. The van der Waals surface area contributed by atoms with Crippen molar-refractivity contribution in [2.24, 2.45) is 10.7 Å². The van der Waals surface area contributed by atoms with Crippen molar-refractivity contribution in [3.8, 4) is 5.75 Å². The summed E-state index contributed by atoms with van der Waals surface area (Å²) in [6, 6.07) is 6.67. The van der Waals surface area contributed by atoms with Crippen LogP contribution in [0.3, 0.4) is 0 Å². The lowest BCUT2D eigenvalue weighted by Crippen LogP contribution is -2.17. The second-order valence-electron chi connectivity index (χ2n) is 2.92. The molecule has 0 atom stereocenters. The van der Waals surface area contributed by atoms with Gasteiger partial charge in [-0.1, -0.05) is 0 Å². The molecule has 0 amide bonds. The summed E-state index contributed by atoms with van der Waals surface area (Å²) in [5, 5.41) is 12.0. The Balaban J connectivity index is 2.64. The average molecular weight is 193 g/mol. The first-order valence-corrected chi connectivity index (χ1v) is 4.48. The Bertz CT molecular complexity index is 306. The number of nitrogens with zero attached hydrogens (tertiary/aromatic N) is 1. The van der Waals surface area contributed by atoms with Crippen LogP contribution in [0.15, 0.2) is 29.3 Å². The summed E-state index contributed by atoms with van der Waals surface area (Å²) < 4.78 is 0. The summed E-state index contributed by atoms with van der Waals surface area (Å²) in [6.07, 6.45) is 0. The third-order valence-electron chi connectivity index (χ3n) is 1.81. The van der Waals surface area contributed by atoms with E-state index in [0.717, 1.165) is 12.1 Å². The van der Waals surface area contributed by atoms with Gasteiger partial charge in [0.05, 0.1) is 6.54 Å². The van der Waals surface area contributed by atoms with E-state index < -0.39 is 0 Å². The van der Waals surface area contributed by atoms with Crippen LogP contribution in [0.5, 0.6) is 5.75 Å². The Labute approximate surface area is 83.5 Å². The van der Waals surface area contributed by atoms with Crippen molar-refractivity contribution in [2.45, 2.75) is 0 Å². The Hall–Kier alpha value is -1.55. The summed E-state index contributed by atoms with van der Waals surface area (Å²) >= 11 is 0. The summed E-state index contributed by atoms with van der Waals surface area (Å²) in [6.45, 7) is 1.46. The first kappa shape index (κ1) is 10.5. The molecule has 4 heteroatoms. The molecular weight excluding hydrogens is 178 g/mol. The van der Waals surface area contributed by atoms with Crippen LogP contribution < -0.4 is 11.1 Å². The van der Waals surface area contributed by atoms with E-state index in [4.69, 9.17) is 10.8 Å².